The normalized spacial score (nSPS) is 10.4. The number of aliphatic hydroxyl groups excluding tert-OH is 1. The van der Waals surface area contributed by atoms with Crippen molar-refractivity contribution in [1.82, 2.24) is 4.98 Å². The van der Waals surface area contributed by atoms with Gasteiger partial charge in [0.25, 0.3) is 0 Å². The number of aliphatic hydroxyl groups is 1. The maximum Gasteiger partial charge on any atom is 0.224 e. The average Bonchev–Trinajstić information content (AvgIpc) is 2.47. The van der Waals surface area contributed by atoms with Crippen molar-refractivity contribution < 1.29 is 18.7 Å². The van der Waals surface area contributed by atoms with Gasteiger partial charge >= 0.3 is 0 Å². The Balaban J connectivity index is 1.96. The van der Waals surface area contributed by atoms with Gasteiger partial charge in [0, 0.05) is 24.2 Å². The van der Waals surface area contributed by atoms with Crippen LogP contribution in [0.3, 0.4) is 0 Å². The van der Waals surface area contributed by atoms with E-state index >= 15 is 0 Å². The highest BCUT2D eigenvalue weighted by Gasteiger charge is 2.09. The molecule has 0 bridgehead atoms. The van der Waals surface area contributed by atoms with E-state index in [0.717, 1.165) is 12.1 Å². The Morgan fingerprint density at radius 3 is 2.76 bits per heavy atom. The first kappa shape index (κ1) is 15.1. The molecule has 110 valence electrons. The van der Waals surface area contributed by atoms with Gasteiger partial charge in [-0.2, -0.15) is 0 Å². The Bertz CT molecular complexity index is 647. The molecule has 2 aromatic rings. The van der Waals surface area contributed by atoms with E-state index in [2.05, 4.69) is 10.3 Å². The summed E-state index contributed by atoms with van der Waals surface area (Å²) in [6.07, 6.45) is 3.14. The van der Waals surface area contributed by atoms with Crippen LogP contribution in [0, 0.1) is 11.6 Å². The van der Waals surface area contributed by atoms with Crippen molar-refractivity contribution in [3.63, 3.8) is 0 Å². The first-order valence-corrected chi connectivity index (χ1v) is 6.37. The molecule has 0 aliphatic rings. The molecule has 0 radical (unpaired) electrons. The third-order valence-corrected chi connectivity index (χ3v) is 2.99. The minimum Gasteiger partial charge on any atom is -0.392 e. The van der Waals surface area contributed by atoms with Crippen LogP contribution in [0.15, 0.2) is 36.7 Å². The highest BCUT2D eigenvalue weighted by atomic mass is 19.1. The molecule has 1 amide bonds. The Kier molecular flexibility index (Phi) is 4.94. The van der Waals surface area contributed by atoms with Crippen molar-refractivity contribution in [3.8, 4) is 0 Å². The molecule has 0 atom stereocenters. The van der Waals surface area contributed by atoms with E-state index in [0.29, 0.717) is 11.3 Å². The highest BCUT2D eigenvalue weighted by Crippen LogP contribution is 2.15. The number of carbonyl (C=O) groups is 1. The zero-order valence-electron chi connectivity index (χ0n) is 11.1. The summed E-state index contributed by atoms with van der Waals surface area (Å²) in [5.74, 6) is -1.65. The van der Waals surface area contributed by atoms with Crippen molar-refractivity contribution in [2.24, 2.45) is 0 Å². The van der Waals surface area contributed by atoms with Gasteiger partial charge in [0.15, 0.2) is 0 Å². The maximum atomic E-state index is 13.4. The first-order chi connectivity index (χ1) is 10.1. The van der Waals surface area contributed by atoms with Crippen molar-refractivity contribution in [1.29, 1.82) is 0 Å². The van der Waals surface area contributed by atoms with E-state index in [1.54, 1.807) is 6.07 Å². The second-order valence-corrected chi connectivity index (χ2v) is 4.47. The van der Waals surface area contributed by atoms with Gasteiger partial charge < -0.3 is 10.4 Å². The van der Waals surface area contributed by atoms with Gasteiger partial charge in [-0.3, -0.25) is 9.78 Å². The van der Waals surface area contributed by atoms with Crippen molar-refractivity contribution >= 4 is 11.6 Å². The molecule has 21 heavy (non-hydrogen) atoms. The fourth-order valence-electron chi connectivity index (χ4n) is 1.86. The van der Waals surface area contributed by atoms with Gasteiger partial charge in [-0.15, -0.1) is 0 Å². The van der Waals surface area contributed by atoms with Crippen molar-refractivity contribution in [2.45, 2.75) is 19.4 Å². The lowest BCUT2D eigenvalue weighted by atomic mass is 10.1. The molecule has 0 unspecified atom stereocenters. The van der Waals surface area contributed by atoms with Gasteiger partial charge in [0.05, 0.1) is 18.5 Å². The number of pyridine rings is 1. The molecule has 2 N–H and O–H groups in total. The fourth-order valence-corrected chi connectivity index (χ4v) is 1.86. The number of hydrogen-bond donors (Lipinski definition) is 2. The third-order valence-electron chi connectivity index (χ3n) is 2.99. The van der Waals surface area contributed by atoms with Crippen LogP contribution in [0.25, 0.3) is 0 Å². The first-order valence-electron chi connectivity index (χ1n) is 6.37. The molecule has 2 rings (SSSR count). The number of aryl methyl sites for hydroxylation is 1. The van der Waals surface area contributed by atoms with Gasteiger partial charge in [-0.1, -0.05) is 6.07 Å². The monoisotopic (exact) mass is 292 g/mol. The maximum absolute atomic E-state index is 13.4. The molecule has 6 heteroatoms. The van der Waals surface area contributed by atoms with Crippen molar-refractivity contribution in [3.05, 3.63) is 59.4 Å². The number of amides is 1. The van der Waals surface area contributed by atoms with Crippen LogP contribution >= 0.6 is 0 Å². The zero-order chi connectivity index (χ0) is 15.2. The molecule has 1 aromatic heterocycles. The number of aromatic nitrogens is 1. The molecule has 0 fully saturated rings. The summed E-state index contributed by atoms with van der Waals surface area (Å²) < 4.78 is 26.2. The molecule has 0 aliphatic carbocycles. The fraction of sp³-hybridized carbons (Fsp3) is 0.200. The van der Waals surface area contributed by atoms with Crippen LogP contribution in [-0.4, -0.2) is 16.0 Å². The van der Waals surface area contributed by atoms with Crippen molar-refractivity contribution in [2.75, 3.05) is 5.32 Å². The summed E-state index contributed by atoms with van der Waals surface area (Å²) in [6, 6.07) is 4.86. The molecule has 0 saturated heterocycles. The lowest BCUT2D eigenvalue weighted by Crippen LogP contribution is -2.14. The zero-order valence-corrected chi connectivity index (χ0v) is 11.1. The molecular formula is C15H14F2N2O2. The van der Waals surface area contributed by atoms with Crippen LogP contribution in [0.2, 0.25) is 0 Å². The van der Waals surface area contributed by atoms with Crippen LogP contribution in [0.5, 0.6) is 0 Å². The number of nitrogens with zero attached hydrogens (tertiary/aromatic N) is 1. The van der Waals surface area contributed by atoms with Gasteiger partial charge in [0.1, 0.15) is 11.6 Å². The number of halogens is 2. The largest absolute Gasteiger partial charge is 0.392 e. The molecule has 0 aliphatic heterocycles. The Labute approximate surface area is 120 Å². The smallest absolute Gasteiger partial charge is 0.224 e. The summed E-state index contributed by atoms with van der Waals surface area (Å²) in [5.41, 5.74) is 1.25. The van der Waals surface area contributed by atoms with Crippen LogP contribution in [0.1, 0.15) is 17.5 Å². The van der Waals surface area contributed by atoms with Crippen LogP contribution in [-0.2, 0) is 17.8 Å². The SMILES string of the molecule is O=C(CCc1ccc(F)cc1F)Nc1cnccc1CO. The lowest BCUT2D eigenvalue weighted by molar-refractivity contribution is -0.116. The topological polar surface area (TPSA) is 62.2 Å². The summed E-state index contributed by atoms with van der Waals surface area (Å²) >= 11 is 0. The van der Waals surface area contributed by atoms with E-state index < -0.39 is 11.6 Å². The van der Waals surface area contributed by atoms with E-state index in [1.165, 1.54) is 18.5 Å². The minimum absolute atomic E-state index is 0.0440. The van der Waals surface area contributed by atoms with E-state index in [9.17, 15) is 13.6 Å². The molecule has 1 aromatic carbocycles. The summed E-state index contributed by atoms with van der Waals surface area (Å²) in [5, 5.41) is 11.7. The minimum atomic E-state index is -0.666. The Morgan fingerprint density at radius 2 is 2.05 bits per heavy atom. The summed E-state index contributed by atoms with van der Waals surface area (Å²) in [4.78, 5) is 15.7. The third kappa shape index (κ3) is 4.06. The Hall–Kier alpha value is -2.34. The Morgan fingerprint density at radius 1 is 1.24 bits per heavy atom. The standard InChI is InChI=1S/C15H14F2N2O2/c16-12-3-1-10(13(17)7-12)2-4-15(21)19-14-8-18-6-5-11(14)9-20/h1,3,5-8,20H,2,4,9H2,(H,19,21). The molecule has 1 heterocycles. The van der Waals surface area contributed by atoms with Gasteiger partial charge in [-0.05, 0) is 24.1 Å². The highest BCUT2D eigenvalue weighted by molar-refractivity contribution is 5.91. The van der Waals surface area contributed by atoms with Crippen LogP contribution < -0.4 is 5.32 Å². The summed E-state index contributed by atoms with van der Waals surface area (Å²) in [6.45, 7) is -0.218. The number of carbonyl (C=O) groups excluding carboxylic acids is 1. The number of hydrogen-bond acceptors (Lipinski definition) is 3. The quantitative estimate of drug-likeness (QED) is 0.889. The number of nitrogens with one attached hydrogen (secondary N) is 1. The predicted molar refractivity (Wildman–Crippen MR) is 73.5 cm³/mol. The lowest BCUT2D eigenvalue weighted by Gasteiger charge is -2.09. The molecule has 0 saturated carbocycles. The van der Waals surface area contributed by atoms with Gasteiger partial charge in [-0.25, -0.2) is 8.78 Å². The predicted octanol–water partition coefficient (Wildman–Crippen LogP) is 2.42. The summed E-state index contributed by atoms with van der Waals surface area (Å²) in [7, 11) is 0. The van der Waals surface area contributed by atoms with E-state index in [-0.39, 0.29) is 30.9 Å². The molecular weight excluding hydrogens is 278 g/mol. The number of anilines is 1. The molecule has 4 nitrogen and oxygen atoms in total. The van der Waals surface area contributed by atoms with Gasteiger partial charge in [0.2, 0.25) is 5.91 Å². The number of benzene rings is 1. The average molecular weight is 292 g/mol. The number of rotatable bonds is 5. The van der Waals surface area contributed by atoms with E-state index in [1.807, 2.05) is 0 Å². The molecule has 0 spiro atoms. The second-order valence-electron chi connectivity index (χ2n) is 4.47. The van der Waals surface area contributed by atoms with E-state index in [4.69, 9.17) is 5.11 Å². The second kappa shape index (κ2) is 6.90. The van der Waals surface area contributed by atoms with Crippen LogP contribution in [0.4, 0.5) is 14.5 Å².